The highest BCUT2D eigenvalue weighted by molar-refractivity contribution is 6.15. The van der Waals surface area contributed by atoms with Crippen molar-refractivity contribution in [1.29, 1.82) is 5.26 Å². The predicted molar refractivity (Wildman–Crippen MR) is 65.7 cm³/mol. The van der Waals surface area contributed by atoms with E-state index < -0.39 is 5.54 Å². The van der Waals surface area contributed by atoms with Crippen LogP contribution in [-0.2, 0) is 0 Å². The summed E-state index contributed by atoms with van der Waals surface area (Å²) in [6, 6.07) is 2.07. The zero-order valence-electron chi connectivity index (χ0n) is 9.74. The zero-order chi connectivity index (χ0) is 12.6. The zero-order valence-corrected chi connectivity index (χ0v) is 10.5. The quantitative estimate of drug-likeness (QED) is 0.721. The second kappa shape index (κ2) is 3.99. The van der Waals surface area contributed by atoms with Crippen molar-refractivity contribution in [2.24, 2.45) is 5.73 Å². The van der Waals surface area contributed by atoms with Gasteiger partial charge in [0.1, 0.15) is 5.54 Å². The standard InChI is InChI=1S/C11H14ClN5/c1-8-10-9(3-4-17(8)12)5-16(15-10)7-11(2,14)6-13/h3-5,15H,7,14H2,1-2H3. The molecule has 0 amide bonds. The SMILES string of the molecule is CC1=C2NN(CC(C)(N)C#N)C=C2C=CN1Cl. The van der Waals surface area contributed by atoms with Crippen LogP contribution in [0.1, 0.15) is 13.8 Å². The molecule has 0 bridgehead atoms. The molecule has 2 rings (SSSR count). The molecule has 3 N–H and O–H groups in total. The highest BCUT2D eigenvalue weighted by Gasteiger charge is 2.27. The van der Waals surface area contributed by atoms with Gasteiger partial charge in [-0.2, -0.15) is 5.26 Å². The normalized spacial score (nSPS) is 21.7. The van der Waals surface area contributed by atoms with Crippen LogP contribution in [0.5, 0.6) is 0 Å². The lowest BCUT2D eigenvalue weighted by molar-refractivity contribution is 0.280. The van der Waals surface area contributed by atoms with Crippen molar-refractivity contribution < 1.29 is 0 Å². The average molecular weight is 252 g/mol. The molecule has 2 aliphatic rings. The van der Waals surface area contributed by atoms with E-state index in [0.29, 0.717) is 6.54 Å². The number of nitrogens with zero attached hydrogens (tertiary/aromatic N) is 3. The summed E-state index contributed by atoms with van der Waals surface area (Å²) in [5.41, 5.74) is 11.0. The third-order valence-corrected chi connectivity index (χ3v) is 3.03. The Balaban J connectivity index is 2.18. The van der Waals surface area contributed by atoms with E-state index in [4.69, 9.17) is 22.8 Å². The highest BCUT2D eigenvalue weighted by atomic mass is 35.5. The minimum Gasteiger partial charge on any atom is -0.312 e. The van der Waals surface area contributed by atoms with Crippen LogP contribution in [0, 0.1) is 11.3 Å². The Kier molecular flexibility index (Phi) is 2.77. The van der Waals surface area contributed by atoms with Gasteiger partial charge < -0.3 is 5.73 Å². The second-order valence-corrected chi connectivity index (χ2v) is 4.80. The van der Waals surface area contributed by atoms with Gasteiger partial charge in [-0.05, 0) is 19.9 Å². The maximum Gasteiger partial charge on any atom is 0.121 e. The number of allylic oxidation sites excluding steroid dienone is 2. The fourth-order valence-electron chi connectivity index (χ4n) is 1.73. The summed E-state index contributed by atoms with van der Waals surface area (Å²) < 4.78 is 1.52. The van der Waals surface area contributed by atoms with Crippen molar-refractivity contribution in [2.45, 2.75) is 19.4 Å². The smallest absolute Gasteiger partial charge is 0.121 e. The van der Waals surface area contributed by atoms with Gasteiger partial charge in [-0.1, -0.05) is 0 Å². The minimum atomic E-state index is -0.892. The molecule has 1 unspecified atom stereocenters. The molecule has 2 aliphatic heterocycles. The first-order chi connectivity index (χ1) is 7.93. The summed E-state index contributed by atoms with van der Waals surface area (Å²) in [5, 5.41) is 10.7. The van der Waals surface area contributed by atoms with E-state index >= 15 is 0 Å². The van der Waals surface area contributed by atoms with Gasteiger partial charge in [-0.3, -0.25) is 14.9 Å². The summed E-state index contributed by atoms with van der Waals surface area (Å²) in [6.07, 6.45) is 5.60. The molecule has 17 heavy (non-hydrogen) atoms. The summed E-state index contributed by atoms with van der Waals surface area (Å²) >= 11 is 5.97. The fourth-order valence-corrected chi connectivity index (χ4v) is 1.87. The Morgan fingerprint density at radius 1 is 1.65 bits per heavy atom. The Labute approximate surface area is 105 Å². The van der Waals surface area contributed by atoms with Gasteiger partial charge in [-0.15, -0.1) is 0 Å². The van der Waals surface area contributed by atoms with E-state index in [1.54, 1.807) is 18.1 Å². The fraction of sp³-hybridized carbons (Fsp3) is 0.364. The summed E-state index contributed by atoms with van der Waals surface area (Å²) in [7, 11) is 0. The van der Waals surface area contributed by atoms with E-state index in [1.165, 1.54) is 4.42 Å². The Morgan fingerprint density at radius 3 is 3.00 bits per heavy atom. The monoisotopic (exact) mass is 251 g/mol. The molecular weight excluding hydrogens is 238 g/mol. The van der Waals surface area contributed by atoms with E-state index in [0.717, 1.165) is 17.0 Å². The maximum absolute atomic E-state index is 8.90. The van der Waals surface area contributed by atoms with Gasteiger partial charge in [0.25, 0.3) is 0 Å². The van der Waals surface area contributed by atoms with Gasteiger partial charge in [0.15, 0.2) is 0 Å². The molecule has 0 aliphatic carbocycles. The molecule has 0 radical (unpaired) electrons. The molecule has 0 aromatic carbocycles. The van der Waals surface area contributed by atoms with Crippen LogP contribution >= 0.6 is 11.8 Å². The molecule has 0 fully saturated rings. The molecule has 0 aromatic rings. The van der Waals surface area contributed by atoms with Crippen molar-refractivity contribution in [3.05, 3.63) is 35.4 Å². The molecule has 5 nitrogen and oxygen atoms in total. The van der Waals surface area contributed by atoms with Gasteiger partial charge in [-0.25, -0.2) is 0 Å². The predicted octanol–water partition coefficient (Wildman–Crippen LogP) is 1.15. The average Bonchev–Trinajstić information content (AvgIpc) is 2.66. The van der Waals surface area contributed by atoms with Crippen molar-refractivity contribution >= 4 is 11.8 Å². The number of nitriles is 1. The van der Waals surface area contributed by atoms with E-state index in [1.807, 2.05) is 19.2 Å². The maximum atomic E-state index is 8.90. The number of hydrogen-bond donors (Lipinski definition) is 2. The first-order valence-corrected chi connectivity index (χ1v) is 5.56. The van der Waals surface area contributed by atoms with Crippen LogP contribution in [-0.4, -0.2) is 21.5 Å². The number of halogens is 1. The number of hydrazine groups is 1. The van der Waals surface area contributed by atoms with Crippen molar-refractivity contribution in [1.82, 2.24) is 14.9 Å². The first kappa shape index (κ1) is 11.8. The minimum absolute atomic E-state index is 0.403. The summed E-state index contributed by atoms with van der Waals surface area (Å²) in [6.45, 7) is 4.02. The molecule has 6 heteroatoms. The molecule has 90 valence electrons. The van der Waals surface area contributed by atoms with Gasteiger partial charge in [0.2, 0.25) is 0 Å². The summed E-state index contributed by atoms with van der Waals surface area (Å²) in [5.74, 6) is 0. The third-order valence-electron chi connectivity index (χ3n) is 2.66. The number of hydrogen-bond acceptors (Lipinski definition) is 5. The van der Waals surface area contributed by atoms with Gasteiger partial charge in [0, 0.05) is 29.7 Å². The molecule has 0 saturated carbocycles. The lowest BCUT2D eigenvalue weighted by atomic mass is 10.1. The number of fused-ring (bicyclic) bond motifs is 1. The van der Waals surface area contributed by atoms with Gasteiger partial charge >= 0.3 is 0 Å². The van der Waals surface area contributed by atoms with Crippen LogP contribution < -0.4 is 11.2 Å². The molecule has 0 aromatic heterocycles. The number of rotatable bonds is 2. The van der Waals surface area contributed by atoms with Crippen LogP contribution in [0.3, 0.4) is 0 Å². The molecule has 1 atom stereocenters. The van der Waals surface area contributed by atoms with Crippen molar-refractivity contribution in [2.75, 3.05) is 6.54 Å². The van der Waals surface area contributed by atoms with Crippen LogP contribution in [0.25, 0.3) is 0 Å². The number of nitrogens with two attached hydrogens (primary N) is 1. The molecule has 2 heterocycles. The molecule has 0 saturated heterocycles. The van der Waals surface area contributed by atoms with Crippen molar-refractivity contribution in [3.8, 4) is 6.07 Å². The van der Waals surface area contributed by atoms with E-state index in [9.17, 15) is 0 Å². The Morgan fingerprint density at radius 2 is 2.35 bits per heavy atom. The number of nitrogens with one attached hydrogen (secondary N) is 1. The third kappa shape index (κ3) is 2.23. The summed E-state index contributed by atoms with van der Waals surface area (Å²) in [4.78, 5) is 0. The topological polar surface area (TPSA) is 68.3 Å². The molecule has 0 spiro atoms. The first-order valence-electron chi connectivity index (χ1n) is 5.23. The largest absolute Gasteiger partial charge is 0.312 e. The second-order valence-electron chi connectivity index (χ2n) is 4.44. The van der Waals surface area contributed by atoms with Crippen LogP contribution in [0.4, 0.5) is 0 Å². The highest BCUT2D eigenvalue weighted by Crippen LogP contribution is 2.28. The van der Waals surface area contributed by atoms with Gasteiger partial charge in [0.05, 0.1) is 24.0 Å². The lowest BCUT2D eigenvalue weighted by Gasteiger charge is -2.25. The van der Waals surface area contributed by atoms with Crippen LogP contribution in [0.2, 0.25) is 0 Å². The van der Waals surface area contributed by atoms with E-state index in [-0.39, 0.29) is 0 Å². The Hall–Kier alpha value is -1.64. The van der Waals surface area contributed by atoms with Crippen molar-refractivity contribution in [3.63, 3.8) is 0 Å². The Bertz CT molecular complexity index is 469. The van der Waals surface area contributed by atoms with E-state index in [2.05, 4.69) is 11.5 Å². The molecular formula is C11H14ClN5. The lowest BCUT2D eigenvalue weighted by Crippen LogP contribution is -2.47. The van der Waals surface area contributed by atoms with Crippen LogP contribution in [0.15, 0.2) is 35.4 Å².